The molecule has 1 aromatic rings. The highest BCUT2D eigenvalue weighted by Crippen LogP contribution is 2.32. The summed E-state index contributed by atoms with van der Waals surface area (Å²) in [7, 11) is 0. The van der Waals surface area contributed by atoms with E-state index in [1.807, 2.05) is 0 Å². The van der Waals surface area contributed by atoms with E-state index in [-0.39, 0.29) is 12.7 Å². The highest BCUT2D eigenvalue weighted by molar-refractivity contribution is 7.80. The zero-order chi connectivity index (χ0) is 14.7. The lowest BCUT2D eigenvalue weighted by Gasteiger charge is -2.23. The van der Waals surface area contributed by atoms with Crippen LogP contribution in [0.5, 0.6) is 11.5 Å². The first-order valence-electron chi connectivity index (χ1n) is 7.24. The van der Waals surface area contributed by atoms with E-state index in [9.17, 15) is 4.79 Å². The second-order valence-electron chi connectivity index (χ2n) is 5.23. The summed E-state index contributed by atoms with van der Waals surface area (Å²) in [4.78, 5) is 14.3. The van der Waals surface area contributed by atoms with Crippen LogP contribution in [-0.2, 0) is 0 Å². The molecule has 1 aromatic carbocycles. The number of amides is 1. The predicted octanol–water partition coefficient (Wildman–Crippen LogP) is 2.31. The average Bonchev–Trinajstić information content (AvgIpc) is 2.78. The van der Waals surface area contributed by atoms with Crippen molar-refractivity contribution in [2.45, 2.75) is 25.7 Å². The Balaban J connectivity index is 1.64. The van der Waals surface area contributed by atoms with Crippen molar-refractivity contribution in [1.82, 2.24) is 10.2 Å². The second kappa shape index (κ2) is 6.30. The molecular weight excluding hydrogens is 288 g/mol. The van der Waals surface area contributed by atoms with Gasteiger partial charge in [0.25, 0.3) is 5.91 Å². The van der Waals surface area contributed by atoms with Crippen LogP contribution >= 0.6 is 12.2 Å². The molecule has 1 fully saturated rings. The molecule has 0 spiro atoms. The summed E-state index contributed by atoms with van der Waals surface area (Å²) in [5, 5.41) is 3.32. The molecule has 6 heteroatoms. The number of likely N-dealkylation sites (tertiary alicyclic amines) is 1. The van der Waals surface area contributed by atoms with Crippen molar-refractivity contribution in [1.29, 1.82) is 0 Å². The lowest BCUT2D eigenvalue weighted by atomic mass is 10.2. The molecule has 0 bridgehead atoms. The SMILES string of the molecule is O=C(NC(=S)N1CCCCCC1)c1ccc2c(c1)OCO2. The van der Waals surface area contributed by atoms with Gasteiger partial charge >= 0.3 is 0 Å². The lowest BCUT2D eigenvalue weighted by molar-refractivity contribution is 0.0973. The lowest BCUT2D eigenvalue weighted by Crippen LogP contribution is -2.43. The van der Waals surface area contributed by atoms with Crippen LogP contribution in [0.2, 0.25) is 0 Å². The number of fused-ring (bicyclic) bond motifs is 1. The number of carbonyl (C=O) groups is 1. The Morgan fingerprint density at radius 2 is 1.81 bits per heavy atom. The van der Waals surface area contributed by atoms with E-state index in [4.69, 9.17) is 21.7 Å². The largest absolute Gasteiger partial charge is 0.454 e. The molecule has 0 radical (unpaired) electrons. The quantitative estimate of drug-likeness (QED) is 0.807. The number of hydrogen-bond acceptors (Lipinski definition) is 4. The monoisotopic (exact) mass is 306 g/mol. The maximum atomic E-state index is 12.3. The van der Waals surface area contributed by atoms with Crippen molar-refractivity contribution in [3.05, 3.63) is 23.8 Å². The topological polar surface area (TPSA) is 50.8 Å². The molecule has 5 nitrogen and oxygen atoms in total. The first-order valence-corrected chi connectivity index (χ1v) is 7.65. The summed E-state index contributed by atoms with van der Waals surface area (Å²) in [5.74, 6) is 1.06. The maximum absolute atomic E-state index is 12.3. The van der Waals surface area contributed by atoms with Crippen LogP contribution in [0.4, 0.5) is 0 Å². The van der Waals surface area contributed by atoms with Gasteiger partial charge in [0.15, 0.2) is 16.6 Å². The standard InChI is InChI=1S/C15H18N2O3S/c18-14(11-5-6-12-13(9-11)20-10-19-12)16-15(21)17-7-3-1-2-4-8-17/h5-6,9H,1-4,7-8,10H2,(H,16,18,21). The molecule has 1 N–H and O–H groups in total. The van der Waals surface area contributed by atoms with Gasteiger partial charge in [0.1, 0.15) is 0 Å². The number of nitrogens with zero attached hydrogens (tertiary/aromatic N) is 1. The summed E-state index contributed by atoms with van der Waals surface area (Å²) in [6.07, 6.45) is 4.71. The first kappa shape index (κ1) is 14.1. The number of benzene rings is 1. The van der Waals surface area contributed by atoms with Gasteiger partial charge in [-0.25, -0.2) is 0 Å². The molecule has 2 aliphatic rings. The van der Waals surface area contributed by atoms with Gasteiger partial charge < -0.3 is 14.4 Å². The van der Waals surface area contributed by atoms with Gasteiger partial charge in [-0.05, 0) is 43.3 Å². The Bertz CT molecular complexity index is 554. The molecule has 0 aliphatic carbocycles. The molecule has 0 saturated carbocycles. The Labute approximate surface area is 129 Å². The van der Waals surface area contributed by atoms with Crippen LogP contribution in [0.1, 0.15) is 36.0 Å². The Morgan fingerprint density at radius 1 is 1.10 bits per heavy atom. The molecule has 21 heavy (non-hydrogen) atoms. The highest BCUT2D eigenvalue weighted by Gasteiger charge is 2.19. The normalized spacial score (nSPS) is 17.2. The molecule has 112 valence electrons. The second-order valence-corrected chi connectivity index (χ2v) is 5.62. The average molecular weight is 306 g/mol. The molecule has 1 amide bonds. The van der Waals surface area contributed by atoms with Crippen molar-refractivity contribution in [3.8, 4) is 11.5 Å². The van der Waals surface area contributed by atoms with Gasteiger partial charge in [-0.15, -0.1) is 0 Å². The number of rotatable bonds is 1. The summed E-state index contributed by atoms with van der Waals surface area (Å²) in [5.41, 5.74) is 0.524. The first-order chi connectivity index (χ1) is 10.2. The van der Waals surface area contributed by atoms with E-state index >= 15 is 0 Å². The van der Waals surface area contributed by atoms with Crippen LogP contribution in [0, 0.1) is 0 Å². The van der Waals surface area contributed by atoms with E-state index in [2.05, 4.69) is 10.2 Å². The zero-order valence-electron chi connectivity index (χ0n) is 11.8. The van der Waals surface area contributed by atoms with E-state index in [1.54, 1.807) is 18.2 Å². The molecule has 1 saturated heterocycles. The molecule has 0 atom stereocenters. The third kappa shape index (κ3) is 3.26. The van der Waals surface area contributed by atoms with Crippen molar-refractivity contribution < 1.29 is 14.3 Å². The van der Waals surface area contributed by atoms with Gasteiger partial charge in [-0.3, -0.25) is 10.1 Å². The predicted molar refractivity (Wildman–Crippen MR) is 82.7 cm³/mol. The van der Waals surface area contributed by atoms with Gasteiger partial charge in [-0.1, -0.05) is 12.8 Å². The van der Waals surface area contributed by atoms with Gasteiger partial charge in [0.05, 0.1) is 0 Å². The fraction of sp³-hybridized carbons (Fsp3) is 0.467. The van der Waals surface area contributed by atoms with E-state index in [0.717, 1.165) is 25.9 Å². The van der Waals surface area contributed by atoms with Crippen LogP contribution < -0.4 is 14.8 Å². The minimum atomic E-state index is -0.206. The third-order valence-electron chi connectivity index (χ3n) is 3.75. The van der Waals surface area contributed by atoms with Crippen LogP contribution in [0.3, 0.4) is 0 Å². The molecular formula is C15H18N2O3S. The zero-order valence-corrected chi connectivity index (χ0v) is 12.6. The number of ether oxygens (including phenoxy) is 2. The number of carbonyl (C=O) groups excluding carboxylic acids is 1. The van der Waals surface area contributed by atoms with E-state index in [0.29, 0.717) is 22.2 Å². The van der Waals surface area contributed by atoms with Gasteiger partial charge in [-0.2, -0.15) is 0 Å². The third-order valence-corrected chi connectivity index (χ3v) is 4.11. The Kier molecular flexibility index (Phi) is 4.24. The minimum absolute atomic E-state index is 0.201. The van der Waals surface area contributed by atoms with Crippen molar-refractivity contribution in [2.75, 3.05) is 19.9 Å². The molecule has 0 aromatic heterocycles. The summed E-state index contributed by atoms with van der Waals surface area (Å²) in [6, 6.07) is 5.14. The van der Waals surface area contributed by atoms with Gasteiger partial charge in [0, 0.05) is 18.7 Å². The Morgan fingerprint density at radius 3 is 2.57 bits per heavy atom. The summed E-state index contributed by atoms with van der Waals surface area (Å²) >= 11 is 5.35. The van der Waals surface area contributed by atoms with Crippen LogP contribution in [0.15, 0.2) is 18.2 Å². The smallest absolute Gasteiger partial charge is 0.257 e. The molecule has 2 heterocycles. The van der Waals surface area contributed by atoms with E-state index in [1.165, 1.54) is 12.8 Å². The number of nitrogens with one attached hydrogen (secondary N) is 1. The maximum Gasteiger partial charge on any atom is 0.257 e. The Hall–Kier alpha value is -1.82. The van der Waals surface area contributed by atoms with Gasteiger partial charge in [0.2, 0.25) is 6.79 Å². The highest BCUT2D eigenvalue weighted by atomic mass is 32.1. The van der Waals surface area contributed by atoms with Crippen molar-refractivity contribution in [3.63, 3.8) is 0 Å². The fourth-order valence-corrected chi connectivity index (χ4v) is 2.84. The fourth-order valence-electron chi connectivity index (χ4n) is 2.56. The van der Waals surface area contributed by atoms with Crippen molar-refractivity contribution >= 4 is 23.2 Å². The number of thiocarbonyl (C=S) groups is 1. The van der Waals surface area contributed by atoms with Crippen molar-refractivity contribution in [2.24, 2.45) is 0 Å². The molecule has 3 rings (SSSR count). The number of hydrogen-bond donors (Lipinski definition) is 1. The minimum Gasteiger partial charge on any atom is -0.454 e. The van der Waals surface area contributed by atoms with Crippen LogP contribution in [-0.4, -0.2) is 35.8 Å². The molecule has 0 unspecified atom stereocenters. The summed E-state index contributed by atoms with van der Waals surface area (Å²) < 4.78 is 10.5. The van der Waals surface area contributed by atoms with E-state index < -0.39 is 0 Å². The molecule has 2 aliphatic heterocycles. The van der Waals surface area contributed by atoms with Crippen LogP contribution in [0.25, 0.3) is 0 Å². The summed E-state index contributed by atoms with van der Waals surface area (Å²) in [6.45, 7) is 2.03.